The molecule has 0 radical (unpaired) electrons. The van der Waals surface area contributed by atoms with Crippen LogP contribution in [-0.4, -0.2) is 34.0 Å². The molecule has 1 aromatic heterocycles. The molecule has 0 aliphatic heterocycles. The number of carboxylic acids is 1. The number of nitrogens with one attached hydrogen (secondary N) is 1. The molecule has 0 amide bonds. The standard InChI is InChI=1S/C25H25N3O3/c29-25(30)17-26-16-23-9-7-20(18-28-12-3-11-27-28)15-24(23)31-13-10-19-6-8-21-4-1-2-5-22(21)14-19/h1-9,11-12,14-15,26H,10,13,16-18H2,(H,29,30). The van der Waals surface area contributed by atoms with Gasteiger partial charge in [0.15, 0.2) is 0 Å². The first kappa shape index (κ1) is 20.6. The molecular weight excluding hydrogens is 390 g/mol. The fraction of sp³-hybridized carbons (Fsp3) is 0.200. The van der Waals surface area contributed by atoms with Gasteiger partial charge in [0.1, 0.15) is 5.75 Å². The maximum Gasteiger partial charge on any atom is 0.317 e. The number of aromatic nitrogens is 2. The molecule has 0 bridgehead atoms. The van der Waals surface area contributed by atoms with Crippen molar-refractivity contribution in [3.05, 3.63) is 95.8 Å². The molecule has 6 heteroatoms. The summed E-state index contributed by atoms with van der Waals surface area (Å²) in [5, 5.41) is 18.5. The second-order valence-electron chi connectivity index (χ2n) is 7.42. The van der Waals surface area contributed by atoms with Crippen LogP contribution in [0.15, 0.2) is 79.1 Å². The molecule has 0 saturated carbocycles. The summed E-state index contributed by atoms with van der Waals surface area (Å²) in [6, 6.07) is 22.7. The zero-order chi connectivity index (χ0) is 21.5. The van der Waals surface area contributed by atoms with Gasteiger partial charge in [-0.2, -0.15) is 5.10 Å². The highest BCUT2D eigenvalue weighted by Gasteiger charge is 2.08. The molecule has 31 heavy (non-hydrogen) atoms. The summed E-state index contributed by atoms with van der Waals surface area (Å²) in [5.41, 5.74) is 3.23. The van der Waals surface area contributed by atoms with E-state index in [0.29, 0.717) is 19.7 Å². The molecule has 4 aromatic rings. The van der Waals surface area contributed by atoms with Crippen LogP contribution >= 0.6 is 0 Å². The number of carbonyl (C=O) groups is 1. The number of hydrogen-bond acceptors (Lipinski definition) is 4. The fourth-order valence-electron chi connectivity index (χ4n) is 3.54. The Morgan fingerprint density at radius 1 is 1.00 bits per heavy atom. The third-order valence-corrected chi connectivity index (χ3v) is 5.09. The highest BCUT2D eigenvalue weighted by Crippen LogP contribution is 2.22. The summed E-state index contributed by atoms with van der Waals surface area (Å²) >= 11 is 0. The molecular formula is C25H25N3O3. The van der Waals surface area contributed by atoms with Crippen LogP contribution in [0.5, 0.6) is 5.75 Å². The average molecular weight is 415 g/mol. The fourth-order valence-corrected chi connectivity index (χ4v) is 3.54. The Bertz CT molecular complexity index is 1160. The van der Waals surface area contributed by atoms with Crippen LogP contribution in [0.3, 0.4) is 0 Å². The minimum Gasteiger partial charge on any atom is -0.493 e. The summed E-state index contributed by atoms with van der Waals surface area (Å²) in [4.78, 5) is 10.8. The predicted octanol–water partition coefficient (Wildman–Crippen LogP) is 3.88. The van der Waals surface area contributed by atoms with E-state index in [1.54, 1.807) is 6.20 Å². The quantitative estimate of drug-likeness (QED) is 0.411. The summed E-state index contributed by atoms with van der Waals surface area (Å²) in [5.74, 6) is -0.114. The van der Waals surface area contributed by atoms with Crippen LogP contribution in [-0.2, 0) is 24.3 Å². The van der Waals surface area contributed by atoms with E-state index in [-0.39, 0.29) is 6.54 Å². The Hall–Kier alpha value is -3.64. The first-order valence-corrected chi connectivity index (χ1v) is 10.3. The number of carboxylic acid groups (broad SMARTS) is 1. The van der Waals surface area contributed by atoms with Crippen LogP contribution < -0.4 is 10.1 Å². The van der Waals surface area contributed by atoms with Gasteiger partial charge in [-0.25, -0.2) is 0 Å². The third-order valence-electron chi connectivity index (χ3n) is 5.09. The highest BCUT2D eigenvalue weighted by molar-refractivity contribution is 5.83. The van der Waals surface area contributed by atoms with Gasteiger partial charge < -0.3 is 15.2 Å². The second-order valence-corrected chi connectivity index (χ2v) is 7.42. The lowest BCUT2D eigenvalue weighted by Gasteiger charge is -2.14. The summed E-state index contributed by atoms with van der Waals surface area (Å²) < 4.78 is 8.01. The van der Waals surface area contributed by atoms with Crippen LogP contribution in [0.2, 0.25) is 0 Å². The number of nitrogens with zero attached hydrogens (tertiary/aromatic N) is 2. The second kappa shape index (κ2) is 9.91. The van der Waals surface area contributed by atoms with Gasteiger partial charge in [-0.15, -0.1) is 0 Å². The van der Waals surface area contributed by atoms with Crippen molar-refractivity contribution in [3.8, 4) is 5.75 Å². The number of rotatable bonds is 10. The van der Waals surface area contributed by atoms with Gasteiger partial charge in [-0.3, -0.25) is 9.48 Å². The number of fused-ring (bicyclic) bond motifs is 1. The molecule has 0 atom stereocenters. The van der Waals surface area contributed by atoms with Gasteiger partial charge in [0.05, 0.1) is 19.7 Å². The maximum atomic E-state index is 10.8. The van der Waals surface area contributed by atoms with E-state index < -0.39 is 5.97 Å². The van der Waals surface area contributed by atoms with Crippen molar-refractivity contribution in [1.29, 1.82) is 0 Å². The molecule has 0 unspecified atom stereocenters. The normalized spacial score (nSPS) is 11.0. The highest BCUT2D eigenvalue weighted by atomic mass is 16.5. The molecule has 0 fully saturated rings. The number of aliphatic carboxylic acids is 1. The van der Waals surface area contributed by atoms with Crippen LogP contribution in [0.25, 0.3) is 10.8 Å². The van der Waals surface area contributed by atoms with Crippen LogP contribution in [0, 0.1) is 0 Å². The predicted molar refractivity (Wildman–Crippen MR) is 120 cm³/mol. The lowest BCUT2D eigenvalue weighted by molar-refractivity contribution is -0.136. The van der Waals surface area contributed by atoms with Crippen molar-refractivity contribution >= 4 is 16.7 Å². The minimum absolute atomic E-state index is 0.0917. The maximum absolute atomic E-state index is 10.8. The van der Waals surface area contributed by atoms with Crippen LogP contribution in [0.4, 0.5) is 0 Å². The Labute approximate surface area is 181 Å². The number of benzene rings is 3. The van der Waals surface area contributed by atoms with Crippen molar-refractivity contribution in [2.45, 2.75) is 19.5 Å². The van der Waals surface area contributed by atoms with Gasteiger partial charge in [0.2, 0.25) is 0 Å². The zero-order valence-corrected chi connectivity index (χ0v) is 17.2. The van der Waals surface area contributed by atoms with E-state index in [2.05, 4.69) is 40.7 Å². The molecule has 1 heterocycles. The van der Waals surface area contributed by atoms with E-state index in [9.17, 15) is 4.79 Å². The van der Waals surface area contributed by atoms with Gasteiger partial charge in [-0.05, 0) is 34.0 Å². The van der Waals surface area contributed by atoms with Crippen molar-refractivity contribution < 1.29 is 14.6 Å². The molecule has 0 aliphatic rings. The molecule has 0 saturated heterocycles. The molecule has 0 aliphatic carbocycles. The Morgan fingerprint density at radius 2 is 1.84 bits per heavy atom. The zero-order valence-electron chi connectivity index (χ0n) is 17.2. The van der Waals surface area contributed by atoms with Crippen molar-refractivity contribution in [2.24, 2.45) is 0 Å². The van der Waals surface area contributed by atoms with Gasteiger partial charge in [0.25, 0.3) is 0 Å². The van der Waals surface area contributed by atoms with Crippen LogP contribution in [0.1, 0.15) is 16.7 Å². The van der Waals surface area contributed by atoms with E-state index in [4.69, 9.17) is 9.84 Å². The Morgan fingerprint density at radius 3 is 2.65 bits per heavy atom. The monoisotopic (exact) mass is 415 g/mol. The molecule has 2 N–H and O–H groups in total. The van der Waals surface area contributed by atoms with Gasteiger partial charge in [0, 0.05) is 30.9 Å². The minimum atomic E-state index is -0.880. The largest absolute Gasteiger partial charge is 0.493 e. The first-order valence-electron chi connectivity index (χ1n) is 10.3. The van der Waals surface area contributed by atoms with Gasteiger partial charge in [-0.1, -0.05) is 54.6 Å². The number of ether oxygens (including phenoxy) is 1. The Kier molecular flexibility index (Phi) is 6.59. The van der Waals surface area contributed by atoms with E-state index in [1.165, 1.54) is 16.3 Å². The van der Waals surface area contributed by atoms with E-state index in [0.717, 1.165) is 23.3 Å². The smallest absolute Gasteiger partial charge is 0.317 e. The van der Waals surface area contributed by atoms with E-state index >= 15 is 0 Å². The first-order chi connectivity index (χ1) is 15.2. The molecule has 158 valence electrons. The molecule has 6 nitrogen and oxygen atoms in total. The lowest BCUT2D eigenvalue weighted by Crippen LogP contribution is -2.22. The van der Waals surface area contributed by atoms with Gasteiger partial charge >= 0.3 is 5.97 Å². The summed E-state index contributed by atoms with van der Waals surface area (Å²) in [7, 11) is 0. The number of hydrogen-bond donors (Lipinski definition) is 2. The van der Waals surface area contributed by atoms with Crippen molar-refractivity contribution in [3.63, 3.8) is 0 Å². The average Bonchev–Trinajstić information content (AvgIpc) is 3.28. The van der Waals surface area contributed by atoms with Crippen molar-refractivity contribution in [1.82, 2.24) is 15.1 Å². The topological polar surface area (TPSA) is 76.4 Å². The summed E-state index contributed by atoms with van der Waals surface area (Å²) in [6.45, 7) is 1.53. The molecule has 3 aromatic carbocycles. The molecule has 4 rings (SSSR count). The Balaban J connectivity index is 1.45. The van der Waals surface area contributed by atoms with Crippen molar-refractivity contribution in [2.75, 3.05) is 13.2 Å². The molecule has 0 spiro atoms. The lowest BCUT2D eigenvalue weighted by atomic mass is 10.1. The summed E-state index contributed by atoms with van der Waals surface area (Å²) in [6.07, 6.45) is 4.46. The SMILES string of the molecule is O=C(O)CNCc1ccc(Cn2cccn2)cc1OCCc1ccc2ccccc2c1. The third kappa shape index (κ3) is 5.71. The van der Waals surface area contributed by atoms with E-state index in [1.807, 2.05) is 47.3 Å².